The van der Waals surface area contributed by atoms with Crippen molar-refractivity contribution in [2.24, 2.45) is 5.73 Å². The Hall–Kier alpha value is -2.34. The minimum atomic E-state index is -0.404. The Balaban J connectivity index is 2.19. The number of nitrogens with two attached hydrogens (primary N) is 1. The van der Waals surface area contributed by atoms with Gasteiger partial charge in [0, 0.05) is 12.1 Å². The highest BCUT2D eigenvalue weighted by Crippen LogP contribution is 2.50. The Morgan fingerprint density at radius 2 is 1.90 bits per heavy atom. The number of non-ortho nitro benzene ring substituents is 1. The first-order valence-corrected chi connectivity index (χ1v) is 6.84. The van der Waals surface area contributed by atoms with Gasteiger partial charge in [0.1, 0.15) is 0 Å². The highest BCUT2D eigenvalue weighted by Gasteiger charge is 2.31. The summed E-state index contributed by atoms with van der Waals surface area (Å²) in [7, 11) is 0. The molecule has 0 fully saturated rings. The first-order valence-electron chi connectivity index (χ1n) is 5.96. The van der Waals surface area contributed by atoms with Crippen molar-refractivity contribution in [3.05, 3.63) is 63.7 Å². The lowest BCUT2D eigenvalue weighted by Crippen LogP contribution is -2.07. The van der Waals surface area contributed by atoms with Gasteiger partial charge in [-0.05, 0) is 28.3 Å². The summed E-state index contributed by atoms with van der Waals surface area (Å²) in [6.07, 6.45) is 0. The number of nitrogens with zero attached hydrogens (tertiary/aromatic N) is 1. The number of hydrogen-bond acceptors (Lipinski definition) is 4. The molecule has 0 amide bonds. The van der Waals surface area contributed by atoms with Crippen molar-refractivity contribution in [2.75, 3.05) is 0 Å². The SMILES string of the molecule is N=C(N)S[C@@H]1c2ccccc2-c2ccc([N+](=O)[O-])cc21. The molecule has 0 heterocycles. The average Bonchev–Trinajstić information content (AvgIpc) is 2.73. The summed E-state index contributed by atoms with van der Waals surface area (Å²) in [4.78, 5) is 10.5. The number of rotatable bonds is 2. The summed E-state index contributed by atoms with van der Waals surface area (Å²) < 4.78 is 0. The van der Waals surface area contributed by atoms with Crippen LogP contribution in [0.2, 0.25) is 0 Å². The summed E-state index contributed by atoms with van der Waals surface area (Å²) in [5.74, 6) is 0. The third kappa shape index (κ3) is 1.94. The second kappa shape index (κ2) is 4.64. The second-order valence-corrected chi connectivity index (χ2v) is 5.62. The Morgan fingerprint density at radius 3 is 2.60 bits per heavy atom. The molecule has 3 rings (SSSR count). The van der Waals surface area contributed by atoms with Gasteiger partial charge in [0.25, 0.3) is 5.69 Å². The third-order valence-corrected chi connectivity index (χ3v) is 4.30. The van der Waals surface area contributed by atoms with Crippen LogP contribution in [0.1, 0.15) is 16.4 Å². The average molecular weight is 285 g/mol. The predicted molar refractivity (Wildman–Crippen MR) is 79.9 cm³/mol. The van der Waals surface area contributed by atoms with E-state index in [4.69, 9.17) is 11.1 Å². The molecule has 2 aromatic rings. The summed E-state index contributed by atoms with van der Waals surface area (Å²) >= 11 is 1.21. The topological polar surface area (TPSA) is 93.0 Å². The molecule has 0 bridgehead atoms. The number of nitrogens with one attached hydrogen (secondary N) is 1. The van der Waals surface area contributed by atoms with Gasteiger partial charge in [0.15, 0.2) is 5.17 Å². The first-order chi connectivity index (χ1) is 9.58. The fourth-order valence-electron chi connectivity index (χ4n) is 2.52. The van der Waals surface area contributed by atoms with Crippen molar-refractivity contribution in [3.63, 3.8) is 0 Å². The molecule has 1 aliphatic carbocycles. The maximum absolute atomic E-state index is 10.9. The molecule has 0 aliphatic heterocycles. The summed E-state index contributed by atoms with van der Waals surface area (Å²) in [5.41, 5.74) is 9.48. The normalized spacial score (nSPS) is 15.5. The number of nitro groups is 1. The highest BCUT2D eigenvalue weighted by atomic mass is 32.2. The van der Waals surface area contributed by atoms with Crippen LogP contribution in [0.25, 0.3) is 11.1 Å². The summed E-state index contributed by atoms with van der Waals surface area (Å²) in [5, 5.41) is 18.3. The van der Waals surface area contributed by atoms with Crippen molar-refractivity contribution in [2.45, 2.75) is 5.25 Å². The molecule has 0 saturated carbocycles. The molecule has 5 nitrogen and oxygen atoms in total. The van der Waals surface area contributed by atoms with Crippen molar-refractivity contribution in [1.29, 1.82) is 5.41 Å². The van der Waals surface area contributed by atoms with Crippen LogP contribution in [0.3, 0.4) is 0 Å². The number of hydrogen-bond donors (Lipinski definition) is 2. The van der Waals surface area contributed by atoms with Gasteiger partial charge in [-0.15, -0.1) is 0 Å². The van der Waals surface area contributed by atoms with Crippen LogP contribution in [0.5, 0.6) is 0 Å². The van der Waals surface area contributed by atoms with Crippen molar-refractivity contribution in [3.8, 4) is 11.1 Å². The van der Waals surface area contributed by atoms with E-state index in [1.54, 1.807) is 12.1 Å². The molecule has 1 aliphatic rings. The maximum atomic E-state index is 10.9. The number of nitro benzene ring substituents is 1. The zero-order valence-electron chi connectivity index (χ0n) is 10.4. The lowest BCUT2D eigenvalue weighted by molar-refractivity contribution is -0.384. The number of thioether (sulfide) groups is 1. The lowest BCUT2D eigenvalue weighted by Gasteiger charge is -2.11. The molecular formula is C14H11N3O2S. The van der Waals surface area contributed by atoms with Crippen LogP contribution >= 0.6 is 11.8 Å². The number of amidine groups is 1. The minimum Gasteiger partial charge on any atom is -0.379 e. The Morgan fingerprint density at radius 1 is 1.20 bits per heavy atom. The Kier molecular flexibility index (Phi) is 2.94. The van der Waals surface area contributed by atoms with Crippen molar-refractivity contribution >= 4 is 22.6 Å². The van der Waals surface area contributed by atoms with E-state index in [-0.39, 0.29) is 16.1 Å². The molecule has 6 heteroatoms. The molecule has 3 N–H and O–H groups in total. The maximum Gasteiger partial charge on any atom is 0.269 e. The molecule has 100 valence electrons. The molecule has 2 aromatic carbocycles. The molecule has 20 heavy (non-hydrogen) atoms. The van der Waals surface area contributed by atoms with E-state index in [1.807, 2.05) is 24.3 Å². The first kappa shape index (κ1) is 12.7. The van der Waals surface area contributed by atoms with Gasteiger partial charge in [-0.25, -0.2) is 0 Å². The highest BCUT2D eigenvalue weighted by molar-refractivity contribution is 8.14. The standard InChI is InChI=1S/C14H11N3O2S/c15-14(16)20-13-11-4-2-1-3-9(11)10-6-5-8(17(18)19)7-12(10)13/h1-7,13H,(H3,15,16)/t13-/m1/s1. The molecule has 1 atom stereocenters. The van der Waals surface area contributed by atoms with E-state index in [0.717, 1.165) is 22.3 Å². The molecular weight excluding hydrogens is 274 g/mol. The molecule has 0 aromatic heterocycles. The number of fused-ring (bicyclic) bond motifs is 3. The van der Waals surface area contributed by atoms with Gasteiger partial charge in [0.05, 0.1) is 10.2 Å². The third-order valence-electron chi connectivity index (χ3n) is 3.31. The minimum absolute atomic E-state index is 0.00385. The van der Waals surface area contributed by atoms with Crippen LogP contribution in [0.4, 0.5) is 5.69 Å². The quantitative estimate of drug-likeness (QED) is 0.383. The van der Waals surface area contributed by atoms with E-state index in [0.29, 0.717) is 0 Å². The zero-order valence-corrected chi connectivity index (χ0v) is 11.2. The Bertz CT molecular complexity index is 730. The Labute approximate surface area is 119 Å². The van der Waals surface area contributed by atoms with Crippen LogP contribution in [0.15, 0.2) is 42.5 Å². The van der Waals surface area contributed by atoms with E-state index in [1.165, 1.54) is 17.8 Å². The fraction of sp³-hybridized carbons (Fsp3) is 0.0714. The second-order valence-electron chi connectivity index (χ2n) is 4.48. The van der Waals surface area contributed by atoms with Gasteiger partial charge >= 0.3 is 0 Å². The molecule has 0 spiro atoms. The van der Waals surface area contributed by atoms with E-state index in [9.17, 15) is 10.1 Å². The van der Waals surface area contributed by atoms with Crippen molar-refractivity contribution in [1.82, 2.24) is 0 Å². The van der Waals surface area contributed by atoms with Crippen LogP contribution in [-0.2, 0) is 0 Å². The van der Waals surface area contributed by atoms with Gasteiger partial charge in [-0.1, -0.05) is 36.0 Å². The van der Waals surface area contributed by atoms with Crippen LogP contribution in [0, 0.1) is 15.5 Å². The van der Waals surface area contributed by atoms with E-state index in [2.05, 4.69) is 0 Å². The molecule has 0 saturated heterocycles. The van der Waals surface area contributed by atoms with Crippen molar-refractivity contribution < 1.29 is 4.92 Å². The van der Waals surface area contributed by atoms with E-state index < -0.39 is 4.92 Å². The van der Waals surface area contributed by atoms with Crippen LogP contribution in [-0.4, -0.2) is 10.1 Å². The monoisotopic (exact) mass is 285 g/mol. The molecule has 0 unspecified atom stereocenters. The summed E-state index contributed by atoms with van der Waals surface area (Å²) in [6, 6.07) is 12.7. The predicted octanol–water partition coefficient (Wildman–Crippen LogP) is 3.29. The lowest BCUT2D eigenvalue weighted by atomic mass is 10.1. The van der Waals surface area contributed by atoms with Gasteiger partial charge in [0.2, 0.25) is 0 Å². The fourth-order valence-corrected chi connectivity index (χ4v) is 3.43. The van der Waals surface area contributed by atoms with Gasteiger partial charge in [-0.3, -0.25) is 15.5 Å². The zero-order chi connectivity index (χ0) is 14.3. The largest absolute Gasteiger partial charge is 0.379 e. The molecule has 0 radical (unpaired) electrons. The van der Waals surface area contributed by atoms with Gasteiger partial charge < -0.3 is 5.73 Å². The number of benzene rings is 2. The van der Waals surface area contributed by atoms with Crippen LogP contribution < -0.4 is 5.73 Å². The smallest absolute Gasteiger partial charge is 0.269 e. The summed E-state index contributed by atoms with van der Waals surface area (Å²) in [6.45, 7) is 0. The van der Waals surface area contributed by atoms with E-state index >= 15 is 0 Å². The van der Waals surface area contributed by atoms with Gasteiger partial charge in [-0.2, -0.15) is 0 Å².